The number of carboxylic acid groups (broad SMARTS) is 1. The first-order valence-electron chi connectivity index (χ1n) is 11.8. The molecule has 1 atom stereocenters. The number of ether oxygens (including phenoxy) is 2. The van der Waals surface area contributed by atoms with E-state index >= 15 is 0 Å². The topological polar surface area (TPSA) is 93.1 Å². The molecule has 0 saturated heterocycles. The summed E-state index contributed by atoms with van der Waals surface area (Å²) in [5.41, 5.74) is 0.414. The molecule has 0 radical (unpaired) electrons. The molecule has 1 heterocycles. The minimum Gasteiger partial charge on any atom is -0.491 e. The molecule has 202 valence electrons. The van der Waals surface area contributed by atoms with Crippen LogP contribution in [0, 0.1) is 0 Å². The fourth-order valence-electron chi connectivity index (χ4n) is 4.14. The van der Waals surface area contributed by atoms with E-state index in [0.717, 1.165) is 28.1 Å². The summed E-state index contributed by atoms with van der Waals surface area (Å²) in [6, 6.07) is 15.6. The van der Waals surface area contributed by atoms with Crippen LogP contribution in [-0.4, -0.2) is 38.2 Å². The van der Waals surface area contributed by atoms with Gasteiger partial charge in [-0.05, 0) is 73.9 Å². The first-order chi connectivity index (χ1) is 17.8. The summed E-state index contributed by atoms with van der Waals surface area (Å²) in [6.07, 6.45) is -5.85. The smallest absolute Gasteiger partial charge is 0.416 e. The molecule has 0 aliphatic carbocycles. The first kappa shape index (κ1) is 27.3. The van der Waals surface area contributed by atoms with Crippen molar-refractivity contribution in [2.75, 3.05) is 10.8 Å². The van der Waals surface area contributed by atoms with Crippen molar-refractivity contribution >= 4 is 21.7 Å². The molecule has 0 aromatic heterocycles. The second-order valence-electron chi connectivity index (χ2n) is 9.11. The Kier molecular flexibility index (Phi) is 7.59. The van der Waals surface area contributed by atoms with Crippen LogP contribution in [0.1, 0.15) is 32.3 Å². The van der Waals surface area contributed by atoms with Crippen LogP contribution in [0.5, 0.6) is 11.5 Å². The summed E-state index contributed by atoms with van der Waals surface area (Å²) in [7, 11) is -4.47. The first-order valence-corrected chi connectivity index (χ1v) is 13.3. The Balaban J connectivity index is 1.79. The lowest BCUT2D eigenvalue weighted by Gasteiger charge is -2.36. The Morgan fingerprint density at radius 1 is 1.08 bits per heavy atom. The second kappa shape index (κ2) is 10.6. The molecule has 0 fully saturated rings. The third-order valence-corrected chi connectivity index (χ3v) is 7.64. The highest BCUT2D eigenvalue weighted by Gasteiger charge is 2.37. The third kappa shape index (κ3) is 6.04. The molecule has 38 heavy (non-hydrogen) atoms. The molecular weight excluding hydrogens is 523 g/mol. The van der Waals surface area contributed by atoms with E-state index in [1.807, 2.05) is 19.9 Å². The molecule has 1 aliphatic rings. The molecule has 3 aromatic carbocycles. The fraction of sp³-hybridized carbons (Fsp3) is 0.296. The van der Waals surface area contributed by atoms with Gasteiger partial charge in [0.05, 0.1) is 28.8 Å². The number of nitrogens with zero attached hydrogens (tertiary/aromatic N) is 1. The van der Waals surface area contributed by atoms with E-state index in [2.05, 4.69) is 0 Å². The predicted octanol–water partition coefficient (Wildman–Crippen LogP) is 5.98. The molecule has 7 nitrogen and oxygen atoms in total. The Hall–Kier alpha value is -3.73. The lowest BCUT2D eigenvalue weighted by Crippen LogP contribution is -2.43. The molecule has 0 unspecified atom stereocenters. The number of rotatable bonds is 8. The molecule has 1 N–H and O–H groups in total. The minimum absolute atomic E-state index is 0.0136. The van der Waals surface area contributed by atoms with Crippen LogP contribution in [0.3, 0.4) is 0 Å². The number of carbonyl (C=O) groups is 1. The van der Waals surface area contributed by atoms with Crippen LogP contribution in [-0.2, 0) is 21.0 Å². The van der Waals surface area contributed by atoms with Crippen molar-refractivity contribution in [2.24, 2.45) is 0 Å². The zero-order chi connectivity index (χ0) is 27.7. The van der Waals surface area contributed by atoms with Crippen molar-refractivity contribution in [3.63, 3.8) is 0 Å². The van der Waals surface area contributed by atoms with Gasteiger partial charge in [-0.25, -0.2) is 8.42 Å². The molecule has 11 heteroatoms. The van der Waals surface area contributed by atoms with Gasteiger partial charge < -0.3 is 14.6 Å². The van der Waals surface area contributed by atoms with Gasteiger partial charge >= 0.3 is 12.1 Å². The molecule has 3 aromatic rings. The number of sulfonamides is 1. The highest BCUT2D eigenvalue weighted by Crippen LogP contribution is 2.41. The van der Waals surface area contributed by atoms with Crippen molar-refractivity contribution in [2.45, 2.75) is 50.0 Å². The van der Waals surface area contributed by atoms with E-state index in [1.54, 1.807) is 36.4 Å². The van der Waals surface area contributed by atoms with E-state index in [9.17, 15) is 26.4 Å². The summed E-state index contributed by atoms with van der Waals surface area (Å²) < 4.78 is 80.1. The standard InChI is InChI=1S/C27H26F3NO6S/c1-17(2)36-21-7-3-5-18(13-21)19-9-11-25-24(14-19)31(16-22(37-25)10-12-26(32)33)38(34,35)23-8-4-6-20(15-23)27(28,29)30/h3-9,11,13-15,17,22H,10,12,16H2,1-2H3,(H,32,33)/t22-/m0/s1. The number of hydrogen-bond donors (Lipinski definition) is 1. The van der Waals surface area contributed by atoms with Gasteiger partial charge in [0.2, 0.25) is 0 Å². The number of aliphatic carboxylic acids is 1. The van der Waals surface area contributed by atoms with Gasteiger partial charge in [0.1, 0.15) is 17.6 Å². The summed E-state index contributed by atoms with van der Waals surface area (Å²) >= 11 is 0. The maximum atomic E-state index is 13.7. The number of anilines is 1. The molecule has 4 rings (SSSR count). The van der Waals surface area contributed by atoms with Crippen LogP contribution < -0.4 is 13.8 Å². The van der Waals surface area contributed by atoms with Crippen molar-refractivity contribution in [3.8, 4) is 22.6 Å². The van der Waals surface area contributed by atoms with Gasteiger partial charge in [-0.15, -0.1) is 0 Å². The maximum Gasteiger partial charge on any atom is 0.416 e. The van der Waals surface area contributed by atoms with E-state index in [1.165, 1.54) is 0 Å². The lowest BCUT2D eigenvalue weighted by atomic mass is 10.0. The van der Waals surface area contributed by atoms with Gasteiger partial charge in [0.25, 0.3) is 10.0 Å². The predicted molar refractivity (Wildman–Crippen MR) is 135 cm³/mol. The lowest BCUT2D eigenvalue weighted by molar-refractivity contribution is -0.138. The van der Waals surface area contributed by atoms with E-state index in [0.29, 0.717) is 17.4 Å². The number of carboxylic acids is 1. The Morgan fingerprint density at radius 2 is 1.79 bits per heavy atom. The van der Waals surface area contributed by atoms with Gasteiger partial charge in [-0.3, -0.25) is 9.10 Å². The maximum absolute atomic E-state index is 13.7. The molecule has 0 spiro atoms. The van der Waals surface area contributed by atoms with Gasteiger partial charge in [0, 0.05) is 6.42 Å². The largest absolute Gasteiger partial charge is 0.491 e. The van der Waals surface area contributed by atoms with Crippen molar-refractivity contribution < 1.29 is 41.0 Å². The number of benzene rings is 3. The molecule has 0 saturated carbocycles. The Morgan fingerprint density at radius 3 is 2.47 bits per heavy atom. The van der Waals surface area contributed by atoms with E-state index in [-0.39, 0.29) is 36.9 Å². The third-order valence-electron chi connectivity index (χ3n) is 5.86. The highest BCUT2D eigenvalue weighted by atomic mass is 32.2. The number of fused-ring (bicyclic) bond motifs is 1. The molecule has 1 aliphatic heterocycles. The highest BCUT2D eigenvalue weighted by molar-refractivity contribution is 7.92. The minimum atomic E-state index is -4.73. The number of hydrogen-bond acceptors (Lipinski definition) is 5. The number of halogens is 3. The van der Waals surface area contributed by atoms with Crippen molar-refractivity contribution in [1.82, 2.24) is 0 Å². The zero-order valence-corrected chi connectivity index (χ0v) is 21.4. The quantitative estimate of drug-likeness (QED) is 0.372. The van der Waals surface area contributed by atoms with Crippen LogP contribution in [0.15, 0.2) is 71.6 Å². The molecule has 0 bridgehead atoms. The molecular formula is C27H26F3NO6S. The monoisotopic (exact) mass is 549 g/mol. The van der Waals surface area contributed by atoms with E-state index in [4.69, 9.17) is 14.6 Å². The zero-order valence-electron chi connectivity index (χ0n) is 20.6. The van der Waals surface area contributed by atoms with Gasteiger partial charge in [-0.1, -0.05) is 24.3 Å². The van der Waals surface area contributed by atoms with Crippen LogP contribution in [0.2, 0.25) is 0 Å². The average Bonchev–Trinajstić information content (AvgIpc) is 2.86. The van der Waals surface area contributed by atoms with Crippen molar-refractivity contribution in [1.29, 1.82) is 0 Å². The SMILES string of the molecule is CC(C)Oc1cccc(-c2ccc3c(c2)N(S(=O)(=O)c2cccc(C(F)(F)F)c2)C[C@H](CCC(=O)O)O3)c1. The normalized spacial score (nSPS) is 15.6. The summed E-state index contributed by atoms with van der Waals surface area (Å²) in [4.78, 5) is 10.6. The summed E-state index contributed by atoms with van der Waals surface area (Å²) in [5.74, 6) is -0.278. The second-order valence-corrected chi connectivity index (χ2v) is 11.0. The average molecular weight is 550 g/mol. The van der Waals surface area contributed by atoms with Crippen molar-refractivity contribution in [3.05, 3.63) is 72.3 Å². The summed E-state index contributed by atoms with van der Waals surface area (Å²) in [5, 5.41) is 9.09. The van der Waals surface area contributed by atoms with Crippen LogP contribution in [0.4, 0.5) is 18.9 Å². The Labute approximate surface area is 218 Å². The summed E-state index contributed by atoms with van der Waals surface area (Å²) in [6.45, 7) is 3.51. The Bertz CT molecular complexity index is 1440. The fourth-order valence-corrected chi connectivity index (χ4v) is 5.68. The van der Waals surface area contributed by atoms with Gasteiger partial charge in [-0.2, -0.15) is 13.2 Å². The number of alkyl halides is 3. The van der Waals surface area contributed by atoms with Crippen LogP contribution in [0.25, 0.3) is 11.1 Å². The van der Waals surface area contributed by atoms with Crippen LogP contribution >= 0.6 is 0 Å². The molecule has 0 amide bonds. The van der Waals surface area contributed by atoms with E-state index < -0.39 is 38.7 Å². The van der Waals surface area contributed by atoms with Gasteiger partial charge in [0.15, 0.2) is 0 Å².